The molecule has 32 heavy (non-hydrogen) atoms. The van der Waals surface area contributed by atoms with Crippen LogP contribution >= 0.6 is 0 Å². The maximum absolute atomic E-state index is 15.1. The number of carbonyl (C=O) groups is 1. The second kappa shape index (κ2) is 10.7. The molecule has 0 aromatic heterocycles. The van der Waals surface area contributed by atoms with Gasteiger partial charge in [0.15, 0.2) is 0 Å². The first-order valence-corrected chi connectivity index (χ1v) is 11.1. The molecule has 4 nitrogen and oxygen atoms in total. The van der Waals surface area contributed by atoms with E-state index in [4.69, 9.17) is 9.47 Å². The number of allylic oxidation sites excluding steroid dienone is 6. The quantitative estimate of drug-likeness (QED) is 0.267. The van der Waals surface area contributed by atoms with Crippen molar-refractivity contribution >= 4 is 17.1 Å². The lowest BCUT2D eigenvalue weighted by Crippen LogP contribution is -2.30. The molecule has 174 valence electrons. The summed E-state index contributed by atoms with van der Waals surface area (Å²) in [5.41, 5.74) is 3.08. The summed E-state index contributed by atoms with van der Waals surface area (Å²) in [6, 6.07) is 3.80. The molecule has 5 heteroatoms. The van der Waals surface area contributed by atoms with E-state index in [9.17, 15) is 9.90 Å². The predicted molar refractivity (Wildman–Crippen MR) is 126 cm³/mol. The van der Waals surface area contributed by atoms with Crippen LogP contribution in [0.2, 0.25) is 0 Å². The predicted octanol–water partition coefficient (Wildman–Crippen LogP) is 6.03. The van der Waals surface area contributed by atoms with Gasteiger partial charge in [0.25, 0.3) is 0 Å². The number of aliphatic carboxylic acids is 1. The van der Waals surface area contributed by atoms with Gasteiger partial charge in [-0.05, 0) is 81.0 Å². The lowest BCUT2D eigenvalue weighted by Gasteiger charge is -2.33. The summed E-state index contributed by atoms with van der Waals surface area (Å²) >= 11 is 0. The highest BCUT2D eigenvalue weighted by Crippen LogP contribution is 2.44. The van der Waals surface area contributed by atoms with Crippen molar-refractivity contribution in [1.82, 2.24) is 0 Å². The summed E-state index contributed by atoms with van der Waals surface area (Å²) in [6.45, 7) is 14.2. The fourth-order valence-corrected chi connectivity index (χ4v) is 3.55. The van der Waals surface area contributed by atoms with Crippen LogP contribution in [0.3, 0.4) is 0 Å². The van der Waals surface area contributed by atoms with Gasteiger partial charge in [-0.1, -0.05) is 33.3 Å². The monoisotopic (exact) mass is 441 g/mol. The number of rotatable bonds is 9. The average Bonchev–Trinajstić information content (AvgIpc) is 2.69. The number of fused-ring (bicyclic) bond motifs is 1. The van der Waals surface area contributed by atoms with Crippen LogP contribution in [0, 0.1) is 5.92 Å². The number of ether oxygens (including phenoxy) is 2. The lowest BCUT2D eigenvalue weighted by atomic mass is 9.86. The molecule has 2 rings (SSSR count). The molecular weight excluding hydrogens is 407 g/mol. The number of unbranched alkanes of at least 4 members (excludes halogenated alkanes) is 1. The van der Waals surface area contributed by atoms with E-state index >= 15 is 4.39 Å². The Labute approximate surface area is 191 Å². The van der Waals surface area contributed by atoms with Crippen molar-refractivity contribution in [1.29, 1.82) is 0 Å². The smallest absolute Gasteiger partial charge is 0.131 e. The van der Waals surface area contributed by atoms with Gasteiger partial charge in [-0.15, -0.1) is 0 Å². The molecule has 1 aliphatic rings. The van der Waals surface area contributed by atoms with Gasteiger partial charge >= 0.3 is 0 Å². The molecular formula is C27H34FO4-. The SMILES string of the molecule is CCCCOc1cc2c(cc1C(C)=C(F)C=CC(C)=CC(=O)[O-])C(C(C)C)=CC(C)(C)O2. The van der Waals surface area contributed by atoms with Crippen molar-refractivity contribution in [3.8, 4) is 11.5 Å². The summed E-state index contributed by atoms with van der Waals surface area (Å²) in [5, 5.41) is 10.7. The third-order valence-electron chi connectivity index (χ3n) is 5.25. The van der Waals surface area contributed by atoms with Crippen LogP contribution in [0.5, 0.6) is 11.5 Å². The van der Waals surface area contributed by atoms with Gasteiger partial charge in [0.2, 0.25) is 0 Å². The van der Waals surface area contributed by atoms with Crippen molar-refractivity contribution in [2.75, 3.05) is 6.61 Å². The summed E-state index contributed by atoms with van der Waals surface area (Å²) in [7, 11) is 0. The normalized spacial score (nSPS) is 16.4. The lowest BCUT2D eigenvalue weighted by molar-refractivity contribution is -0.297. The molecule has 0 unspecified atom stereocenters. The van der Waals surface area contributed by atoms with Gasteiger partial charge in [-0.25, -0.2) is 4.39 Å². The summed E-state index contributed by atoms with van der Waals surface area (Å²) in [4.78, 5) is 10.7. The van der Waals surface area contributed by atoms with E-state index in [-0.39, 0.29) is 5.92 Å². The maximum Gasteiger partial charge on any atom is 0.131 e. The molecule has 0 fully saturated rings. The zero-order valence-corrected chi connectivity index (χ0v) is 20.2. The van der Waals surface area contributed by atoms with Gasteiger partial charge in [0.1, 0.15) is 22.9 Å². The third kappa shape index (κ3) is 6.59. The van der Waals surface area contributed by atoms with Crippen molar-refractivity contribution in [3.63, 3.8) is 0 Å². The summed E-state index contributed by atoms with van der Waals surface area (Å²) < 4.78 is 27.3. The van der Waals surface area contributed by atoms with Crippen LogP contribution in [0.4, 0.5) is 4.39 Å². The van der Waals surface area contributed by atoms with E-state index in [0.29, 0.717) is 29.1 Å². The number of carbonyl (C=O) groups excluding carboxylic acids is 1. The largest absolute Gasteiger partial charge is 0.545 e. The first-order chi connectivity index (χ1) is 14.9. The number of carboxylic acids is 1. The molecule has 0 bridgehead atoms. The second-order valence-corrected chi connectivity index (χ2v) is 9.02. The van der Waals surface area contributed by atoms with Crippen LogP contribution in [-0.2, 0) is 4.79 Å². The summed E-state index contributed by atoms with van der Waals surface area (Å²) in [6.07, 6.45) is 7.59. The number of hydrogen-bond acceptors (Lipinski definition) is 4. The fraction of sp³-hybridized carbons (Fsp3) is 0.444. The van der Waals surface area contributed by atoms with Crippen molar-refractivity contribution in [3.05, 3.63) is 59.0 Å². The molecule has 1 aromatic carbocycles. The Balaban J connectivity index is 2.60. The van der Waals surface area contributed by atoms with Gasteiger partial charge in [-0.2, -0.15) is 0 Å². The molecule has 0 N–H and O–H groups in total. The van der Waals surface area contributed by atoms with Crippen molar-refractivity contribution in [2.24, 2.45) is 5.92 Å². The second-order valence-electron chi connectivity index (χ2n) is 9.02. The van der Waals surface area contributed by atoms with E-state index in [1.807, 2.05) is 26.0 Å². The Kier molecular flexibility index (Phi) is 8.48. The maximum atomic E-state index is 15.1. The highest BCUT2D eigenvalue weighted by molar-refractivity contribution is 5.82. The van der Waals surface area contributed by atoms with Crippen LogP contribution in [0.1, 0.15) is 72.4 Å². The van der Waals surface area contributed by atoms with Crippen molar-refractivity contribution in [2.45, 2.75) is 66.9 Å². The van der Waals surface area contributed by atoms with Gasteiger partial charge < -0.3 is 19.4 Å². The molecule has 0 saturated heterocycles. The Morgan fingerprint density at radius 1 is 1.25 bits per heavy atom. The number of hydrogen-bond donors (Lipinski definition) is 0. The molecule has 1 aromatic rings. The molecule has 1 heterocycles. The van der Waals surface area contributed by atoms with E-state index < -0.39 is 17.4 Å². The highest BCUT2D eigenvalue weighted by atomic mass is 19.1. The number of carboxylic acid groups (broad SMARTS) is 1. The van der Waals surface area contributed by atoms with Crippen LogP contribution < -0.4 is 14.6 Å². The minimum atomic E-state index is -1.31. The van der Waals surface area contributed by atoms with E-state index in [1.54, 1.807) is 13.8 Å². The van der Waals surface area contributed by atoms with Crippen molar-refractivity contribution < 1.29 is 23.8 Å². The van der Waals surface area contributed by atoms with Gasteiger partial charge in [0, 0.05) is 17.2 Å². The molecule has 0 spiro atoms. The van der Waals surface area contributed by atoms with Crippen LogP contribution in [-0.4, -0.2) is 18.2 Å². The number of benzene rings is 1. The Hall–Kier alpha value is -2.82. The Bertz CT molecular complexity index is 978. The first kappa shape index (κ1) is 25.4. The topological polar surface area (TPSA) is 58.6 Å². The zero-order chi connectivity index (χ0) is 24.1. The van der Waals surface area contributed by atoms with E-state index in [0.717, 1.165) is 35.8 Å². The summed E-state index contributed by atoms with van der Waals surface area (Å²) in [5.74, 6) is -0.217. The number of halogens is 1. The highest BCUT2D eigenvalue weighted by Gasteiger charge is 2.29. The Morgan fingerprint density at radius 3 is 2.53 bits per heavy atom. The van der Waals surface area contributed by atoms with Gasteiger partial charge in [-0.3, -0.25) is 0 Å². The van der Waals surface area contributed by atoms with Gasteiger partial charge in [0.05, 0.1) is 12.6 Å². The van der Waals surface area contributed by atoms with E-state index in [1.165, 1.54) is 12.2 Å². The van der Waals surface area contributed by atoms with Crippen LogP contribution in [0.25, 0.3) is 11.1 Å². The Morgan fingerprint density at radius 2 is 1.94 bits per heavy atom. The molecule has 1 aliphatic heterocycles. The fourth-order valence-electron chi connectivity index (χ4n) is 3.55. The minimum Gasteiger partial charge on any atom is -0.545 e. The minimum absolute atomic E-state index is 0.267. The van der Waals surface area contributed by atoms with Crippen LogP contribution in [0.15, 0.2) is 47.8 Å². The molecule has 0 aliphatic carbocycles. The zero-order valence-electron chi connectivity index (χ0n) is 20.2. The molecule has 0 saturated carbocycles. The molecule has 0 atom stereocenters. The molecule has 0 amide bonds. The average molecular weight is 442 g/mol. The molecule has 0 radical (unpaired) electrons. The third-order valence-corrected chi connectivity index (χ3v) is 5.25. The van der Waals surface area contributed by atoms with E-state index in [2.05, 4.69) is 26.8 Å². The standard InChI is InChI=1S/C27H35FO4/c1-8-9-12-31-24-15-25-21(22(17(2)3)16-27(6,7)32-25)14-20(24)19(5)23(28)11-10-18(4)13-26(29)30/h10-11,13-17H,8-9,12H2,1-7H3,(H,29,30)/p-1. The first-order valence-electron chi connectivity index (χ1n) is 11.1.